The van der Waals surface area contributed by atoms with Gasteiger partial charge < -0.3 is 10.6 Å². The molecular formula is C31H31F4N5. The number of rotatable bonds is 6. The van der Waals surface area contributed by atoms with Gasteiger partial charge in [-0.25, -0.2) is 14.4 Å². The monoisotopic (exact) mass is 549 g/mol. The van der Waals surface area contributed by atoms with E-state index < -0.39 is 17.6 Å². The number of nitrogens with one attached hydrogen (secondary N) is 2. The molecule has 0 saturated heterocycles. The van der Waals surface area contributed by atoms with Crippen LogP contribution in [-0.4, -0.2) is 22.0 Å². The van der Waals surface area contributed by atoms with Crippen LogP contribution < -0.4 is 10.6 Å². The molecule has 40 heavy (non-hydrogen) atoms. The second-order valence-corrected chi connectivity index (χ2v) is 10.2. The summed E-state index contributed by atoms with van der Waals surface area (Å²) in [5.74, 6) is -0.675. The molecule has 2 fully saturated rings. The number of anilines is 1. The predicted molar refractivity (Wildman–Crippen MR) is 149 cm³/mol. The Bertz CT molecular complexity index is 1540. The van der Waals surface area contributed by atoms with E-state index in [9.17, 15) is 17.6 Å². The van der Waals surface area contributed by atoms with E-state index >= 15 is 0 Å². The number of aryl methyl sites for hydroxylation is 1. The highest BCUT2D eigenvalue weighted by Gasteiger charge is 2.34. The molecule has 2 aromatic heterocycles. The van der Waals surface area contributed by atoms with Gasteiger partial charge in [0.2, 0.25) is 0 Å². The molecule has 2 saturated carbocycles. The fourth-order valence-electron chi connectivity index (χ4n) is 4.79. The van der Waals surface area contributed by atoms with Crippen LogP contribution in [0.4, 0.5) is 23.2 Å². The smallest absolute Gasteiger partial charge is 0.355 e. The van der Waals surface area contributed by atoms with Gasteiger partial charge in [0.15, 0.2) is 0 Å². The number of hydrogen-bond donors (Lipinski definition) is 2. The highest BCUT2D eigenvalue weighted by atomic mass is 19.4. The second-order valence-electron chi connectivity index (χ2n) is 10.2. The third-order valence-electron chi connectivity index (χ3n) is 7.23. The van der Waals surface area contributed by atoms with Crippen molar-refractivity contribution in [2.75, 3.05) is 12.4 Å². The molecule has 2 aliphatic rings. The molecule has 2 aromatic carbocycles. The van der Waals surface area contributed by atoms with Gasteiger partial charge in [-0.1, -0.05) is 18.6 Å². The summed E-state index contributed by atoms with van der Waals surface area (Å²) in [6.45, 7) is 2.77. The fraction of sp³-hybridized carbons (Fsp3) is 0.323. The Labute approximate surface area is 230 Å². The first kappa shape index (κ1) is 27.7. The standard InChI is InChI=1S/C24H20F4N2.C7H11N3/c25-21-9-7-17(13-20(21)24(26,27)28)30-23(15-4-5-15)19-10-11-29-22-12-16(6-8-18(19)22)14-2-1-3-14;1-6-3-7(4-8-2)10-5-9-6/h6-14,30H,1-5H2;3,5,8H,4H2,1-2H3. The van der Waals surface area contributed by atoms with Crippen molar-refractivity contribution in [3.8, 4) is 0 Å². The van der Waals surface area contributed by atoms with Crippen LogP contribution in [0.1, 0.15) is 66.1 Å². The van der Waals surface area contributed by atoms with Gasteiger partial charge in [0.05, 0.1) is 16.8 Å². The van der Waals surface area contributed by atoms with Crippen molar-refractivity contribution < 1.29 is 17.6 Å². The normalized spacial score (nSPS) is 14.8. The van der Waals surface area contributed by atoms with E-state index in [0.717, 1.165) is 70.6 Å². The lowest BCUT2D eigenvalue weighted by Gasteiger charge is -2.26. The number of allylic oxidation sites excluding steroid dienone is 1. The zero-order valence-corrected chi connectivity index (χ0v) is 22.4. The number of fused-ring (bicyclic) bond motifs is 1. The molecule has 0 atom stereocenters. The minimum Gasteiger partial charge on any atom is -0.355 e. The van der Waals surface area contributed by atoms with E-state index in [4.69, 9.17) is 0 Å². The third-order valence-corrected chi connectivity index (χ3v) is 7.23. The predicted octanol–water partition coefficient (Wildman–Crippen LogP) is 7.78. The van der Waals surface area contributed by atoms with Crippen LogP contribution in [0.15, 0.2) is 66.6 Å². The highest BCUT2D eigenvalue weighted by molar-refractivity contribution is 5.96. The molecule has 0 amide bonds. The Morgan fingerprint density at radius 2 is 1.77 bits per heavy atom. The number of alkyl halides is 3. The molecule has 0 bridgehead atoms. The minimum absolute atomic E-state index is 0.217. The molecule has 208 valence electrons. The summed E-state index contributed by atoms with van der Waals surface area (Å²) < 4.78 is 53.0. The Kier molecular flexibility index (Phi) is 8.12. The van der Waals surface area contributed by atoms with Gasteiger partial charge in [-0.05, 0) is 93.1 Å². The quantitative estimate of drug-likeness (QED) is 0.241. The molecule has 0 radical (unpaired) electrons. The van der Waals surface area contributed by atoms with E-state index in [1.807, 2.05) is 26.1 Å². The van der Waals surface area contributed by atoms with Gasteiger partial charge in [0, 0.05) is 40.8 Å². The van der Waals surface area contributed by atoms with Crippen LogP contribution in [0.2, 0.25) is 0 Å². The molecular weight excluding hydrogens is 518 g/mol. The number of nitrogens with zero attached hydrogens (tertiary/aromatic N) is 3. The van der Waals surface area contributed by atoms with Crippen LogP contribution >= 0.6 is 0 Å². The number of aromatic nitrogens is 3. The number of halogens is 4. The zero-order valence-electron chi connectivity index (χ0n) is 22.4. The van der Waals surface area contributed by atoms with Crippen molar-refractivity contribution in [2.24, 2.45) is 0 Å². The van der Waals surface area contributed by atoms with Crippen molar-refractivity contribution in [1.82, 2.24) is 20.3 Å². The molecule has 0 unspecified atom stereocenters. The largest absolute Gasteiger partial charge is 0.419 e. The SMILES string of the molecule is CNCc1cc(C)ncn1.Fc1ccc(NC(=C2CC2)c2ccnc3cc(C4CCC4)ccc23)cc1C(F)(F)F. The van der Waals surface area contributed by atoms with E-state index in [1.165, 1.54) is 30.9 Å². The van der Waals surface area contributed by atoms with Crippen molar-refractivity contribution in [3.05, 3.63) is 101 Å². The highest BCUT2D eigenvalue weighted by Crippen LogP contribution is 2.41. The Morgan fingerprint density at radius 1 is 0.975 bits per heavy atom. The van der Waals surface area contributed by atoms with Gasteiger partial charge in [0.25, 0.3) is 0 Å². The van der Waals surface area contributed by atoms with E-state index in [2.05, 4.69) is 43.8 Å². The number of pyridine rings is 1. The maximum atomic E-state index is 13.7. The topological polar surface area (TPSA) is 62.7 Å². The third kappa shape index (κ3) is 6.47. The van der Waals surface area contributed by atoms with Gasteiger partial charge in [-0.3, -0.25) is 4.98 Å². The van der Waals surface area contributed by atoms with Crippen LogP contribution in [0.3, 0.4) is 0 Å². The molecule has 2 heterocycles. The van der Waals surface area contributed by atoms with Crippen molar-refractivity contribution in [2.45, 2.75) is 57.7 Å². The Balaban J connectivity index is 0.000000274. The van der Waals surface area contributed by atoms with Crippen LogP contribution in [-0.2, 0) is 12.7 Å². The molecule has 4 aromatic rings. The number of hydrogen-bond acceptors (Lipinski definition) is 5. The van der Waals surface area contributed by atoms with Gasteiger partial charge >= 0.3 is 6.18 Å². The lowest BCUT2D eigenvalue weighted by Crippen LogP contribution is -2.10. The summed E-state index contributed by atoms with van der Waals surface area (Å²) in [5, 5.41) is 7.11. The first-order chi connectivity index (χ1) is 19.2. The molecule has 2 N–H and O–H groups in total. The maximum absolute atomic E-state index is 13.7. The molecule has 0 spiro atoms. The van der Waals surface area contributed by atoms with Gasteiger partial charge in [0.1, 0.15) is 12.1 Å². The number of benzene rings is 2. The van der Waals surface area contributed by atoms with E-state index in [-0.39, 0.29) is 5.69 Å². The lowest BCUT2D eigenvalue weighted by molar-refractivity contribution is -0.139. The average Bonchev–Trinajstić information content (AvgIpc) is 3.72. The minimum atomic E-state index is -4.74. The van der Waals surface area contributed by atoms with Crippen molar-refractivity contribution in [3.63, 3.8) is 0 Å². The van der Waals surface area contributed by atoms with Crippen molar-refractivity contribution >= 4 is 22.3 Å². The molecule has 9 heteroatoms. The molecule has 6 rings (SSSR count). The van der Waals surface area contributed by atoms with Crippen LogP contribution in [0, 0.1) is 12.7 Å². The first-order valence-corrected chi connectivity index (χ1v) is 13.4. The fourth-order valence-corrected chi connectivity index (χ4v) is 4.79. The molecule has 2 aliphatic carbocycles. The zero-order chi connectivity index (χ0) is 28.3. The summed E-state index contributed by atoms with van der Waals surface area (Å²) in [7, 11) is 1.90. The summed E-state index contributed by atoms with van der Waals surface area (Å²) in [6.07, 6.45) is 4.02. The maximum Gasteiger partial charge on any atom is 0.419 e. The van der Waals surface area contributed by atoms with Gasteiger partial charge in [-0.15, -0.1) is 0 Å². The average molecular weight is 550 g/mol. The summed E-state index contributed by atoms with van der Waals surface area (Å²) >= 11 is 0. The first-order valence-electron chi connectivity index (χ1n) is 13.4. The van der Waals surface area contributed by atoms with Crippen LogP contribution in [0.5, 0.6) is 0 Å². The lowest BCUT2D eigenvalue weighted by atomic mass is 9.80. The van der Waals surface area contributed by atoms with E-state index in [1.54, 1.807) is 12.5 Å². The second kappa shape index (κ2) is 11.7. The molecule has 0 aliphatic heterocycles. The van der Waals surface area contributed by atoms with E-state index in [0.29, 0.717) is 5.92 Å². The Hall–Kier alpha value is -3.85. The van der Waals surface area contributed by atoms with Crippen molar-refractivity contribution in [1.29, 1.82) is 0 Å². The summed E-state index contributed by atoms with van der Waals surface area (Å²) in [4.78, 5) is 12.6. The Morgan fingerprint density at radius 3 is 2.42 bits per heavy atom. The molecule has 5 nitrogen and oxygen atoms in total. The van der Waals surface area contributed by atoms with Gasteiger partial charge in [-0.2, -0.15) is 13.2 Å². The van der Waals surface area contributed by atoms with Crippen LogP contribution in [0.25, 0.3) is 16.6 Å². The summed E-state index contributed by atoms with van der Waals surface area (Å²) in [5.41, 5.74) is 6.02. The summed E-state index contributed by atoms with van der Waals surface area (Å²) in [6, 6.07) is 13.2.